The van der Waals surface area contributed by atoms with Crippen molar-refractivity contribution in [1.82, 2.24) is 19.5 Å². The van der Waals surface area contributed by atoms with E-state index in [0.717, 1.165) is 55.3 Å². The Bertz CT molecular complexity index is 912. The van der Waals surface area contributed by atoms with Gasteiger partial charge in [-0.15, -0.1) is 0 Å². The summed E-state index contributed by atoms with van der Waals surface area (Å²) in [6.45, 7) is 4.98. The monoisotopic (exact) mass is 351 g/mol. The number of rotatable bonds is 4. The average Bonchev–Trinajstić information content (AvgIpc) is 3.04. The number of para-hydroxylation sites is 1. The van der Waals surface area contributed by atoms with E-state index < -0.39 is 0 Å². The van der Waals surface area contributed by atoms with E-state index in [-0.39, 0.29) is 0 Å². The number of methoxy groups -OCH3 is 1. The zero-order valence-corrected chi connectivity index (χ0v) is 15.4. The van der Waals surface area contributed by atoms with Crippen LogP contribution in [0.1, 0.15) is 35.7 Å². The van der Waals surface area contributed by atoms with E-state index in [9.17, 15) is 0 Å². The van der Waals surface area contributed by atoms with Gasteiger partial charge in [0.2, 0.25) is 0 Å². The zero-order valence-electron chi connectivity index (χ0n) is 15.4. The first kappa shape index (κ1) is 16.8. The van der Waals surface area contributed by atoms with Gasteiger partial charge >= 0.3 is 0 Å². The fourth-order valence-electron chi connectivity index (χ4n) is 3.80. The average molecular weight is 351 g/mol. The van der Waals surface area contributed by atoms with Gasteiger partial charge in [-0.3, -0.25) is 4.90 Å². The molecule has 0 aliphatic carbocycles. The molecule has 6 nitrogen and oxygen atoms in total. The number of benzene rings is 1. The number of fused-ring (bicyclic) bond motifs is 1. The van der Waals surface area contributed by atoms with Crippen LogP contribution in [0.25, 0.3) is 5.65 Å². The lowest BCUT2D eigenvalue weighted by molar-refractivity contribution is 0.201. The van der Waals surface area contributed by atoms with Crippen LogP contribution >= 0.6 is 0 Å². The SMILES string of the molecule is COc1ccccc1CN1CCC(c2cc(N)n3nc(C)cc3n2)CC1. The number of piperidine rings is 1. The van der Waals surface area contributed by atoms with Crippen molar-refractivity contribution in [2.45, 2.75) is 32.2 Å². The summed E-state index contributed by atoms with van der Waals surface area (Å²) < 4.78 is 7.19. The van der Waals surface area contributed by atoms with Gasteiger partial charge < -0.3 is 10.5 Å². The van der Waals surface area contributed by atoms with E-state index in [1.165, 1.54) is 5.56 Å². The Kier molecular flexibility index (Phi) is 4.51. The Morgan fingerprint density at radius 3 is 2.73 bits per heavy atom. The van der Waals surface area contributed by atoms with Gasteiger partial charge in [0.25, 0.3) is 0 Å². The van der Waals surface area contributed by atoms with Crippen LogP contribution in [0.15, 0.2) is 36.4 Å². The number of aryl methyl sites for hydroxylation is 1. The first-order valence-corrected chi connectivity index (χ1v) is 9.11. The lowest BCUT2D eigenvalue weighted by Crippen LogP contribution is -2.32. The van der Waals surface area contributed by atoms with Crippen molar-refractivity contribution < 1.29 is 4.74 Å². The standard InChI is InChI=1S/C20H25N5O/c1-14-11-20-22-17(12-19(21)25(20)23-14)15-7-9-24(10-8-15)13-16-5-3-4-6-18(16)26-2/h3-6,11-12,15H,7-10,13,21H2,1-2H3. The molecule has 136 valence electrons. The molecule has 6 heteroatoms. The summed E-state index contributed by atoms with van der Waals surface area (Å²) in [4.78, 5) is 7.28. The molecule has 3 heterocycles. The maximum absolute atomic E-state index is 6.17. The maximum atomic E-state index is 6.17. The summed E-state index contributed by atoms with van der Waals surface area (Å²) in [7, 11) is 1.73. The molecule has 2 aromatic heterocycles. The first-order valence-electron chi connectivity index (χ1n) is 9.11. The van der Waals surface area contributed by atoms with E-state index >= 15 is 0 Å². The molecule has 1 fully saturated rings. The lowest BCUT2D eigenvalue weighted by Gasteiger charge is -2.32. The summed E-state index contributed by atoms with van der Waals surface area (Å²) in [5, 5.41) is 4.38. The Balaban J connectivity index is 1.45. The fraction of sp³-hybridized carbons (Fsp3) is 0.400. The summed E-state index contributed by atoms with van der Waals surface area (Å²) in [5.41, 5.74) is 10.3. The molecule has 0 radical (unpaired) electrons. The van der Waals surface area contributed by atoms with Crippen molar-refractivity contribution in [2.75, 3.05) is 25.9 Å². The number of aromatic nitrogens is 3. The molecule has 1 aromatic carbocycles. The van der Waals surface area contributed by atoms with E-state index in [0.29, 0.717) is 11.7 Å². The number of nitrogens with two attached hydrogens (primary N) is 1. The van der Waals surface area contributed by atoms with Crippen molar-refractivity contribution in [3.05, 3.63) is 53.3 Å². The van der Waals surface area contributed by atoms with Crippen molar-refractivity contribution in [2.24, 2.45) is 0 Å². The van der Waals surface area contributed by atoms with E-state index in [2.05, 4.69) is 22.1 Å². The predicted molar refractivity (Wildman–Crippen MR) is 102 cm³/mol. The Morgan fingerprint density at radius 2 is 1.96 bits per heavy atom. The van der Waals surface area contributed by atoms with Gasteiger partial charge in [-0.1, -0.05) is 18.2 Å². The summed E-state index contributed by atoms with van der Waals surface area (Å²) >= 11 is 0. The molecule has 3 aromatic rings. The predicted octanol–water partition coefficient (Wildman–Crippen LogP) is 3.01. The number of hydrogen-bond acceptors (Lipinski definition) is 5. The third-order valence-corrected chi connectivity index (χ3v) is 5.19. The van der Waals surface area contributed by atoms with Crippen LogP contribution in [-0.2, 0) is 6.54 Å². The van der Waals surface area contributed by atoms with Gasteiger partial charge in [-0.25, -0.2) is 4.98 Å². The maximum Gasteiger partial charge on any atom is 0.157 e. The minimum Gasteiger partial charge on any atom is -0.496 e. The molecule has 4 rings (SSSR count). The number of hydrogen-bond donors (Lipinski definition) is 1. The number of ether oxygens (including phenoxy) is 1. The zero-order chi connectivity index (χ0) is 18.1. The van der Waals surface area contributed by atoms with Gasteiger partial charge in [-0.2, -0.15) is 9.61 Å². The van der Waals surface area contributed by atoms with Crippen LogP contribution in [0, 0.1) is 6.92 Å². The van der Waals surface area contributed by atoms with Gasteiger partial charge in [0.15, 0.2) is 5.65 Å². The van der Waals surface area contributed by atoms with Gasteiger partial charge in [0.05, 0.1) is 12.8 Å². The third kappa shape index (κ3) is 3.24. The molecule has 1 aliphatic rings. The largest absolute Gasteiger partial charge is 0.496 e. The number of nitrogens with zero attached hydrogens (tertiary/aromatic N) is 4. The quantitative estimate of drug-likeness (QED) is 0.782. The topological polar surface area (TPSA) is 68.7 Å². The summed E-state index contributed by atoms with van der Waals surface area (Å²) in [5.74, 6) is 2.08. The Labute approximate surface area is 153 Å². The van der Waals surface area contributed by atoms with Crippen LogP contribution in [-0.4, -0.2) is 39.7 Å². The Hall–Kier alpha value is -2.60. The highest BCUT2D eigenvalue weighted by Crippen LogP contribution is 2.30. The van der Waals surface area contributed by atoms with E-state index in [4.69, 9.17) is 15.5 Å². The number of nitrogen functional groups attached to an aromatic ring is 1. The minimum absolute atomic E-state index is 0.450. The van der Waals surface area contributed by atoms with Crippen LogP contribution in [0.3, 0.4) is 0 Å². The second-order valence-electron chi connectivity index (χ2n) is 7.02. The molecule has 0 spiro atoms. The van der Waals surface area contributed by atoms with Crippen molar-refractivity contribution in [3.63, 3.8) is 0 Å². The molecular weight excluding hydrogens is 326 g/mol. The van der Waals surface area contributed by atoms with E-state index in [1.54, 1.807) is 11.6 Å². The highest BCUT2D eigenvalue weighted by molar-refractivity contribution is 5.48. The third-order valence-electron chi connectivity index (χ3n) is 5.19. The second-order valence-corrected chi connectivity index (χ2v) is 7.02. The van der Waals surface area contributed by atoms with Crippen LogP contribution < -0.4 is 10.5 Å². The first-order chi connectivity index (χ1) is 12.6. The molecule has 2 N–H and O–H groups in total. The molecule has 0 unspecified atom stereocenters. The minimum atomic E-state index is 0.450. The number of likely N-dealkylation sites (tertiary alicyclic amines) is 1. The van der Waals surface area contributed by atoms with Crippen LogP contribution in [0.4, 0.5) is 5.82 Å². The smallest absolute Gasteiger partial charge is 0.157 e. The van der Waals surface area contributed by atoms with Crippen molar-refractivity contribution in [3.8, 4) is 5.75 Å². The Morgan fingerprint density at radius 1 is 1.19 bits per heavy atom. The van der Waals surface area contributed by atoms with Gasteiger partial charge in [0, 0.05) is 35.9 Å². The van der Waals surface area contributed by atoms with Gasteiger partial charge in [0.1, 0.15) is 11.6 Å². The highest BCUT2D eigenvalue weighted by Gasteiger charge is 2.23. The molecular formula is C20H25N5O. The molecule has 1 saturated heterocycles. The highest BCUT2D eigenvalue weighted by atomic mass is 16.5. The van der Waals surface area contributed by atoms with Crippen LogP contribution in [0.5, 0.6) is 5.75 Å². The van der Waals surface area contributed by atoms with Crippen molar-refractivity contribution in [1.29, 1.82) is 0 Å². The van der Waals surface area contributed by atoms with Crippen molar-refractivity contribution >= 4 is 11.5 Å². The number of anilines is 1. The lowest BCUT2D eigenvalue weighted by atomic mass is 9.93. The fourth-order valence-corrected chi connectivity index (χ4v) is 3.80. The molecule has 0 amide bonds. The molecule has 26 heavy (non-hydrogen) atoms. The molecule has 1 aliphatic heterocycles. The molecule has 0 saturated carbocycles. The molecule has 0 atom stereocenters. The second kappa shape index (κ2) is 6.96. The van der Waals surface area contributed by atoms with Gasteiger partial charge in [-0.05, 0) is 38.9 Å². The normalized spacial score (nSPS) is 16.2. The van der Waals surface area contributed by atoms with Crippen LogP contribution in [0.2, 0.25) is 0 Å². The molecule has 0 bridgehead atoms. The summed E-state index contributed by atoms with van der Waals surface area (Å²) in [6, 6.07) is 12.2. The summed E-state index contributed by atoms with van der Waals surface area (Å²) in [6.07, 6.45) is 2.18. The van der Waals surface area contributed by atoms with E-state index in [1.807, 2.05) is 31.2 Å².